The van der Waals surface area contributed by atoms with E-state index < -0.39 is 27.9 Å². The van der Waals surface area contributed by atoms with Crippen LogP contribution in [0.25, 0.3) is 11.1 Å². The van der Waals surface area contributed by atoms with Gasteiger partial charge in [-0.05, 0) is 64.7 Å². The summed E-state index contributed by atoms with van der Waals surface area (Å²) >= 11 is 0.982. The number of aromatic amines is 1. The molecule has 0 aliphatic carbocycles. The summed E-state index contributed by atoms with van der Waals surface area (Å²) in [7, 11) is -4.25. The van der Waals surface area contributed by atoms with E-state index in [1.165, 1.54) is 6.07 Å². The average Bonchev–Trinajstić information content (AvgIpc) is 3.76. The van der Waals surface area contributed by atoms with E-state index in [1.54, 1.807) is 17.6 Å². The molecule has 0 bridgehead atoms. The monoisotopic (exact) mass is 637 g/mol. The number of benzene rings is 2. The lowest BCUT2D eigenvalue weighted by Gasteiger charge is -2.16. The molecule has 0 spiro atoms. The number of nitrogens with one attached hydrogen (secondary N) is 3. The van der Waals surface area contributed by atoms with Crippen LogP contribution in [0.3, 0.4) is 0 Å². The number of hydrogen-bond acceptors (Lipinski definition) is 8. The normalized spacial score (nSPS) is 13.0. The summed E-state index contributed by atoms with van der Waals surface area (Å²) in [6, 6.07) is 13.4. The molecule has 15 heteroatoms. The number of nitrogens with two attached hydrogens (primary N) is 2. The van der Waals surface area contributed by atoms with Crippen LogP contribution in [0.4, 0.5) is 5.69 Å². The number of guanidine groups is 1. The van der Waals surface area contributed by atoms with Gasteiger partial charge in [0.25, 0.3) is 15.9 Å². The first-order valence-electron chi connectivity index (χ1n) is 13.7. The van der Waals surface area contributed by atoms with Crippen LogP contribution in [0.15, 0.2) is 70.0 Å². The van der Waals surface area contributed by atoms with Gasteiger partial charge in [-0.15, -0.1) is 11.3 Å². The number of thiophene rings is 1. The summed E-state index contributed by atoms with van der Waals surface area (Å²) in [4.78, 5) is 28.7. The highest BCUT2D eigenvalue weighted by molar-refractivity contribution is 7.92. The summed E-state index contributed by atoms with van der Waals surface area (Å²) < 4.78 is 36.0. The van der Waals surface area contributed by atoms with E-state index in [0.29, 0.717) is 31.4 Å². The molecule has 3 heterocycles. The number of aliphatic imine (C=N–C) groups is 1. The van der Waals surface area contributed by atoms with Crippen LogP contribution in [0.5, 0.6) is 5.75 Å². The van der Waals surface area contributed by atoms with Gasteiger partial charge < -0.3 is 26.6 Å². The molecule has 0 saturated heterocycles. The predicted molar refractivity (Wildman–Crippen MR) is 166 cm³/mol. The summed E-state index contributed by atoms with van der Waals surface area (Å²) in [6.45, 7) is 0.536. The second kappa shape index (κ2) is 13.2. The van der Waals surface area contributed by atoms with Gasteiger partial charge in [-0.2, -0.15) is 5.10 Å². The van der Waals surface area contributed by atoms with Crippen LogP contribution in [0.2, 0.25) is 0 Å². The van der Waals surface area contributed by atoms with Gasteiger partial charge in [-0.3, -0.25) is 19.6 Å². The van der Waals surface area contributed by atoms with Crippen LogP contribution in [-0.2, 0) is 27.7 Å². The van der Waals surface area contributed by atoms with Crippen molar-refractivity contribution in [2.45, 2.75) is 36.6 Å². The fourth-order valence-corrected chi connectivity index (χ4v) is 7.02. The molecule has 44 heavy (non-hydrogen) atoms. The van der Waals surface area contributed by atoms with E-state index in [-0.39, 0.29) is 40.1 Å². The van der Waals surface area contributed by atoms with E-state index in [4.69, 9.17) is 16.2 Å². The van der Waals surface area contributed by atoms with E-state index >= 15 is 0 Å². The summed E-state index contributed by atoms with van der Waals surface area (Å²) in [5.41, 5.74) is 14.8. The molecule has 1 amide bonds. The zero-order chi connectivity index (χ0) is 31.3. The SMILES string of the molecule is NC(N)=NCCC[C@H](NC(=O)c1sccc1NS(=O)(=O)c1cc(-c2ccccc2Cc2ccn[nH]2)cc2c1OCC2)C(=O)O. The number of carbonyl (C=O) groups is 2. The van der Waals surface area contributed by atoms with Gasteiger partial charge in [0.1, 0.15) is 21.6 Å². The molecule has 0 unspecified atom stereocenters. The van der Waals surface area contributed by atoms with E-state index in [2.05, 4.69) is 25.2 Å². The number of nitrogens with zero attached hydrogens (tertiary/aromatic N) is 2. The number of aromatic nitrogens is 2. The Bertz CT molecular complexity index is 1800. The Hall–Kier alpha value is -4.89. The van der Waals surface area contributed by atoms with Crippen molar-refractivity contribution >= 4 is 44.9 Å². The van der Waals surface area contributed by atoms with Crippen molar-refractivity contribution < 1.29 is 27.9 Å². The minimum atomic E-state index is -4.25. The molecule has 0 radical (unpaired) electrons. The van der Waals surface area contributed by atoms with Crippen LogP contribution < -0.4 is 26.2 Å². The molecule has 1 aliphatic heterocycles. The van der Waals surface area contributed by atoms with Crippen LogP contribution in [0, 0.1) is 0 Å². The second-order valence-electron chi connectivity index (χ2n) is 10.1. The standard InChI is InChI=1S/C29H31N7O6S2/c30-29(31)32-10-3-6-23(28(38)39)34-27(37)26-22(9-13-43-26)36-44(40,41)24-16-19(14-18-8-12-42-25(18)24)21-5-2-1-4-17(21)15-20-7-11-33-35-20/h1-2,4-5,7,9,11,13-14,16,23,36H,3,6,8,10,12,15H2,(H,33,35)(H,34,37)(H,38,39)(H4,30,31,32)/t23-/m0/s1. The Morgan fingerprint density at radius 1 is 1.18 bits per heavy atom. The van der Waals surface area contributed by atoms with Gasteiger partial charge >= 0.3 is 5.97 Å². The Morgan fingerprint density at radius 3 is 2.75 bits per heavy atom. The number of fused-ring (bicyclic) bond motifs is 1. The maximum absolute atomic E-state index is 13.9. The summed E-state index contributed by atoms with van der Waals surface area (Å²) in [5, 5.41) is 20.6. The summed E-state index contributed by atoms with van der Waals surface area (Å²) in [5.74, 6) is -1.81. The predicted octanol–water partition coefficient (Wildman–Crippen LogP) is 2.70. The Morgan fingerprint density at radius 2 is 2.00 bits per heavy atom. The third-order valence-corrected chi connectivity index (χ3v) is 9.26. The lowest BCUT2D eigenvalue weighted by Crippen LogP contribution is -2.40. The lowest BCUT2D eigenvalue weighted by molar-refractivity contribution is -0.139. The number of H-pyrrole nitrogens is 1. The van der Waals surface area contributed by atoms with Gasteiger partial charge in [0.05, 0.1) is 12.3 Å². The van der Waals surface area contributed by atoms with Crippen molar-refractivity contribution in [2.24, 2.45) is 16.5 Å². The van der Waals surface area contributed by atoms with Gasteiger partial charge in [0, 0.05) is 31.3 Å². The fraction of sp³-hybridized carbons (Fsp3) is 0.241. The number of aliphatic carboxylic acids is 1. The number of hydrogen-bond donors (Lipinski definition) is 6. The van der Waals surface area contributed by atoms with Crippen LogP contribution >= 0.6 is 11.3 Å². The van der Waals surface area contributed by atoms with Gasteiger partial charge in [0.2, 0.25) is 0 Å². The number of anilines is 1. The third-order valence-electron chi connectivity index (χ3n) is 6.97. The van der Waals surface area contributed by atoms with Gasteiger partial charge in [0.15, 0.2) is 5.96 Å². The largest absolute Gasteiger partial charge is 0.492 e. The maximum atomic E-state index is 13.9. The minimum absolute atomic E-state index is 0.0164. The molecule has 13 nitrogen and oxygen atoms in total. The molecule has 2 aromatic heterocycles. The first kappa shape index (κ1) is 30.6. The van der Waals surface area contributed by atoms with E-state index in [0.717, 1.165) is 33.7 Å². The first-order valence-corrected chi connectivity index (χ1v) is 16.0. The number of carbonyl (C=O) groups excluding carboxylic acids is 1. The first-order chi connectivity index (χ1) is 21.1. The highest BCUT2D eigenvalue weighted by atomic mass is 32.2. The van der Waals surface area contributed by atoms with Gasteiger partial charge in [-0.1, -0.05) is 24.3 Å². The Balaban J connectivity index is 1.41. The minimum Gasteiger partial charge on any atom is -0.492 e. The molecule has 0 fully saturated rings. The highest BCUT2D eigenvalue weighted by Crippen LogP contribution is 2.39. The number of rotatable bonds is 13. The van der Waals surface area contributed by atoms with Gasteiger partial charge in [-0.25, -0.2) is 13.2 Å². The van der Waals surface area contributed by atoms with Crippen LogP contribution in [-0.4, -0.2) is 60.8 Å². The molecule has 0 saturated carbocycles. The average molecular weight is 638 g/mol. The molecule has 8 N–H and O–H groups in total. The lowest BCUT2D eigenvalue weighted by atomic mass is 9.95. The van der Waals surface area contributed by atoms with Crippen molar-refractivity contribution in [3.8, 4) is 16.9 Å². The quantitative estimate of drug-likeness (QED) is 0.0721. The Kier molecular flexibility index (Phi) is 9.15. The zero-order valence-corrected chi connectivity index (χ0v) is 25.1. The molecule has 230 valence electrons. The molecular formula is C29H31N7O6S2. The third kappa shape index (κ3) is 7.01. The van der Waals surface area contributed by atoms with Crippen molar-refractivity contribution in [1.82, 2.24) is 15.5 Å². The second-order valence-corrected chi connectivity index (χ2v) is 12.6. The fourth-order valence-electron chi connectivity index (χ4n) is 4.92. The molecule has 1 aliphatic rings. The van der Waals surface area contributed by atoms with E-state index in [1.807, 2.05) is 36.4 Å². The molecule has 5 rings (SSSR count). The molecule has 1 atom stereocenters. The number of amides is 1. The van der Waals surface area contributed by atoms with Crippen molar-refractivity contribution in [1.29, 1.82) is 0 Å². The highest BCUT2D eigenvalue weighted by Gasteiger charge is 2.30. The van der Waals surface area contributed by atoms with Crippen LogP contribution in [0.1, 0.15) is 39.3 Å². The number of ether oxygens (including phenoxy) is 1. The number of carboxylic acid groups (broad SMARTS) is 1. The maximum Gasteiger partial charge on any atom is 0.326 e. The molecule has 2 aromatic carbocycles. The van der Waals surface area contributed by atoms with Crippen molar-refractivity contribution in [2.75, 3.05) is 17.9 Å². The van der Waals surface area contributed by atoms with Crippen molar-refractivity contribution in [3.05, 3.63) is 81.8 Å². The topological polar surface area (TPSA) is 215 Å². The molecule has 4 aromatic rings. The summed E-state index contributed by atoms with van der Waals surface area (Å²) in [6.07, 6.45) is 3.17. The number of carboxylic acids is 1. The van der Waals surface area contributed by atoms with Crippen molar-refractivity contribution in [3.63, 3.8) is 0 Å². The smallest absolute Gasteiger partial charge is 0.326 e. The van der Waals surface area contributed by atoms with E-state index in [9.17, 15) is 23.1 Å². The molecular weight excluding hydrogens is 606 g/mol. The Labute approximate surface area is 257 Å². The number of sulfonamides is 1. The zero-order valence-electron chi connectivity index (χ0n) is 23.4.